The molecule has 0 aliphatic rings. The average Bonchev–Trinajstić information content (AvgIpc) is 2.51. The molecule has 22 heavy (non-hydrogen) atoms. The molecule has 1 N–H and O–H groups in total. The third kappa shape index (κ3) is 5.11. The molecule has 0 amide bonds. The minimum Gasteiger partial charge on any atom is -0.495 e. The van der Waals surface area contributed by atoms with E-state index in [0.29, 0.717) is 6.04 Å². The highest BCUT2D eigenvalue weighted by Gasteiger charge is 2.10. The number of nitrogens with one attached hydrogen (secondary N) is 1. The van der Waals surface area contributed by atoms with Gasteiger partial charge in [-0.2, -0.15) is 0 Å². The predicted octanol–water partition coefficient (Wildman–Crippen LogP) is 5.33. The Morgan fingerprint density at radius 2 is 1.86 bits per heavy atom. The average molecular weight is 427 g/mol. The van der Waals surface area contributed by atoms with Gasteiger partial charge in [0.05, 0.1) is 11.6 Å². The lowest BCUT2D eigenvalue weighted by atomic mass is 10.1. The van der Waals surface area contributed by atoms with Crippen LogP contribution in [0.4, 0.5) is 0 Å². The van der Waals surface area contributed by atoms with Gasteiger partial charge in [-0.15, -0.1) is 0 Å². The van der Waals surface area contributed by atoms with Gasteiger partial charge in [-0.3, -0.25) is 0 Å². The maximum atomic E-state index is 5.48. The Morgan fingerprint density at radius 1 is 1.14 bits per heavy atom. The van der Waals surface area contributed by atoms with E-state index < -0.39 is 0 Å². The van der Waals surface area contributed by atoms with E-state index in [1.165, 1.54) is 5.56 Å². The zero-order chi connectivity index (χ0) is 15.9. The third-order valence-electron chi connectivity index (χ3n) is 3.64. The molecule has 2 aromatic rings. The van der Waals surface area contributed by atoms with E-state index in [1.807, 2.05) is 6.07 Å². The second-order valence-corrected chi connectivity index (χ2v) is 7.16. The molecule has 0 bridgehead atoms. The van der Waals surface area contributed by atoms with Crippen molar-refractivity contribution in [2.45, 2.75) is 32.4 Å². The zero-order valence-electron chi connectivity index (χ0n) is 12.9. The van der Waals surface area contributed by atoms with E-state index in [-0.39, 0.29) is 0 Å². The number of ether oxygens (including phenoxy) is 1. The maximum absolute atomic E-state index is 5.48. The molecule has 0 spiro atoms. The van der Waals surface area contributed by atoms with Crippen LogP contribution < -0.4 is 10.1 Å². The van der Waals surface area contributed by atoms with Crippen molar-refractivity contribution >= 4 is 31.9 Å². The van der Waals surface area contributed by atoms with Gasteiger partial charge in [0.1, 0.15) is 5.75 Å². The highest BCUT2D eigenvalue weighted by atomic mass is 79.9. The van der Waals surface area contributed by atoms with Gasteiger partial charge in [0.25, 0.3) is 0 Å². The van der Waals surface area contributed by atoms with E-state index in [0.717, 1.165) is 39.6 Å². The molecular weight excluding hydrogens is 406 g/mol. The van der Waals surface area contributed by atoms with Crippen LogP contribution >= 0.6 is 31.9 Å². The number of hydrogen-bond acceptors (Lipinski definition) is 2. The van der Waals surface area contributed by atoms with Gasteiger partial charge in [-0.25, -0.2) is 0 Å². The van der Waals surface area contributed by atoms with Gasteiger partial charge in [0, 0.05) is 22.6 Å². The van der Waals surface area contributed by atoms with E-state index in [4.69, 9.17) is 4.74 Å². The number of benzene rings is 2. The van der Waals surface area contributed by atoms with E-state index in [2.05, 4.69) is 80.5 Å². The molecule has 0 aliphatic carbocycles. The maximum Gasteiger partial charge on any atom is 0.137 e. The lowest BCUT2D eigenvalue weighted by molar-refractivity contribution is 0.402. The first-order chi connectivity index (χ1) is 10.6. The van der Waals surface area contributed by atoms with Crippen molar-refractivity contribution in [2.24, 2.45) is 0 Å². The van der Waals surface area contributed by atoms with Crippen molar-refractivity contribution in [1.29, 1.82) is 0 Å². The standard InChI is InChI=1S/C18H21Br2NO/c1-13(8-9-14-6-4-3-5-7-14)21-12-15-10-16(19)11-17(20)18(15)22-2/h3-7,10-11,13,21H,8-9,12H2,1-2H3/t13-/m0/s1. The summed E-state index contributed by atoms with van der Waals surface area (Å²) in [5.41, 5.74) is 2.54. The fourth-order valence-electron chi connectivity index (χ4n) is 2.39. The van der Waals surface area contributed by atoms with Crippen molar-refractivity contribution in [1.82, 2.24) is 5.32 Å². The summed E-state index contributed by atoms with van der Waals surface area (Å²) in [6, 6.07) is 15.2. The fraction of sp³-hybridized carbons (Fsp3) is 0.333. The highest BCUT2D eigenvalue weighted by Crippen LogP contribution is 2.32. The Morgan fingerprint density at radius 3 is 2.55 bits per heavy atom. The second kappa shape index (κ2) is 8.70. The molecule has 118 valence electrons. The number of aryl methyl sites for hydroxylation is 1. The molecule has 0 aliphatic heterocycles. The largest absolute Gasteiger partial charge is 0.495 e. The molecule has 2 aromatic carbocycles. The zero-order valence-corrected chi connectivity index (χ0v) is 16.1. The van der Waals surface area contributed by atoms with E-state index in [1.54, 1.807) is 7.11 Å². The summed E-state index contributed by atoms with van der Waals surface area (Å²) in [7, 11) is 1.70. The van der Waals surface area contributed by atoms with Crippen LogP contribution in [0, 0.1) is 0 Å². The third-order valence-corrected chi connectivity index (χ3v) is 4.69. The van der Waals surface area contributed by atoms with Crippen LogP contribution in [0.1, 0.15) is 24.5 Å². The van der Waals surface area contributed by atoms with Crippen LogP contribution in [0.3, 0.4) is 0 Å². The van der Waals surface area contributed by atoms with Crippen LogP contribution in [0.5, 0.6) is 5.75 Å². The first kappa shape index (κ1) is 17.5. The van der Waals surface area contributed by atoms with Crippen molar-refractivity contribution < 1.29 is 4.74 Å². The Balaban J connectivity index is 1.90. The minimum absolute atomic E-state index is 0.447. The molecule has 4 heteroatoms. The van der Waals surface area contributed by atoms with Gasteiger partial charge in [-0.1, -0.05) is 46.3 Å². The first-order valence-electron chi connectivity index (χ1n) is 7.39. The number of hydrogen-bond donors (Lipinski definition) is 1. The molecular formula is C18H21Br2NO. The summed E-state index contributed by atoms with van der Waals surface area (Å²) in [5.74, 6) is 0.894. The quantitative estimate of drug-likeness (QED) is 0.645. The van der Waals surface area contributed by atoms with Gasteiger partial charge in [0.15, 0.2) is 0 Å². The second-order valence-electron chi connectivity index (χ2n) is 5.39. The number of rotatable bonds is 7. The molecule has 0 unspecified atom stereocenters. The van der Waals surface area contributed by atoms with Crippen molar-refractivity contribution in [3.8, 4) is 5.75 Å². The van der Waals surface area contributed by atoms with Gasteiger partial charge < -0.3 is 10.1 Å². The summed E-state index contributed by atoms with van der Waals surface area (Å²) >= 11 is 7.08. The molecule has 0 heterocycles. The van der Waals surface area contributed by atoms with Gasteiger partial charge >= 0.3 is 0 Å². The fourth-order valence-corrected chi connectivity index (χ4v) is 3.86. The van der Waals surface area contributed by atoms with Crippen LogP contribution in [-0.4, -0.2) is 13.2 Å². The molecule has 0 radical (unpaired) electrons. The summed E-state index contributed by atoms with van der Waals surface area (Å²) in [5, 5.41) is 3.58. The summed E-state index contributed by atoms with van der Waals surface area (Å²) in [6.45, 7) is 3.01. The first-order valence-corrected chi connectivity index (χ1v) is 8.98. The molecule has 0 aromatic heterocycles. The van der Waals surface area contributed by atoms with Crippen LogP contribution in [-0.2, 0) is 13.0 Å². The number of methoxy groups -OCH3 is 1. The Bertz CT molecular complexity index is 602. The minimum atomic E-state index is 0.447. The summed E-state index contributed by atoms with van der Waals surface area (Å²) < 4.78 is 7.51. The SMILES string of the molecule is COc1c(Br)cc(Br)cc1CN[C@@H](C)CCc1ccccc1. The normalized spacial score (nSPS) is 12.2. The Hall–Kier alpha value is -0.840. The van der Waals surface area contributed by atoms with Crippen LogP contribution in [0.2, 0.25) is 0 Å². The van der Waals surface area contributed by atoms with E-state index in [9.17, 15) is 0 Å². The van der Waals surface area contributed by atoms with Crippen molar-refractivity contribution in [3.63, 3.8) is 0 Å². The highest BCUT2D eigenvalue weighted by molar-refractivity contribution is 9.11. The predicted molar refractivity (Wildman–Crippen MR) is 99.5 cm³/mol. The van der Waals surface area contributed by atoms with E-state index >= 15 is 0 Å². The van der Waals surface area contributed by atoms with Gasteiger partial charge in [-0.05, 0) is 53.4 Å². The molecule has 2 rings (SSSR count). The lowest BCUT2D eigenvalue weighted by Gasteiger charge is -2.16. The Kier molecular flexibility index (Phi) is 6.93. The van der Waals surface area contributed by atoms with Crippen LogP contribution in [0.15, 0.2) is 51.4 Å². The van der Waals surface area contributed by atoms with Crippen molar-refractivity contribution in [3.05, 3.63) is 62.5 Å². The lowest BCUT2D eigenvalue weighted by Crippen LogP contribution is -2.26. The monoisotopic (exact) mass is 425 g/mol. The molecule has 0 saturated carbocycles. The van der Waals surface area contributed by atoms with Crippen molar-refractivity contribution in [2.75, 3.05) is 7.11 Å². The number of halogens is 2. The summed E-state index contributed by atoms with van der Waals surface area (Å²) in [4.78, 5) is 0. The molecule has 1 atom stereocenters. The molecule has 0 saturated heterocycles. The molecule has 0 fully saturated rings. The smallest absolute Gasteiger partial charge is 0.137 e. The Labute approximate surface area is 149 Å². The van der Waals surface area contributed by atoms with Gasteiger partial charge in [0.2, 0.25) is 0 Å². The van der Waals surface area contributed by atoms with Crippen LogP contribution in [0.25, 0.3) is 0 Å². The molecule has 2 nitrogen and oxygen atoms in total. The summed E-state index contributed by atoms with van der Waals surface area (Å²) in [6.07, 6.45) is 2.20. The topological polar surface area (TPSA) is 21.3 Å².